The average Bonchev–Trinajstić information content (AvgIpc) is 2.47. The largest absolute Gasteiger partial charge is 0.328 e. The maximum atomic E-state index is 5.80. The van der Waals surface area contributed by atoms with Crippen molar-refractivity contribution < 1.29 is 0 Å². The second-order valence-electron chi connectivity index (χ2n) is 4.66. The van der Waals surface area contributed by atoms with E-state index in [2.05, 4.69) is 17.1 Å². The summed E-state index contributed by atoms with van der Waals surface area (Å²) in [6, 6.07) is 0.208. The Morgan fingerprint density at radius 3 is 3.14 bits per heavy atom. The topological polar surface area (TPSA) is 54.7 Å². The second kappa shape index (κ2) is 3.73. The lowest BCUT2D eigenvalue weighted by molar-refractivity contribution is 0.495. The summed E-state index contributed by atoms with van der Waals surface area (Å²) in [5.41, 5.74) is 9.78. The number of aromatic amines is 1. The van der Waals surface area contributed by atoms with Gasteiger partial charge in [-0.2, -0.15) is 5.10 Å². The van der Waals surface area contributed by atoms with Gasteiger partial charge in [0.05, 0.1) is 5.69 Å². The third kappa shape index (κ3) is 1.82. The van der Waals surface area contributed by atoms with E-state index in [-0.39, 0.29) is 6.04 Å². The summed E-state index contributed by atoms with van der Waals surface area (Å²) in [5.74, 6) is 0.798. The van der Waals surface area contributed by atoms with Crippen LogP contribution in [0.1, 0.15) is 37.2 Å². The van der Waals surface area contributed by atoms with Crippen LogP contribution in [-0.4, -0.2) is 16.2 Å². The number of nitrogens with two attached hydrogens (primary N) is 1. The minimum Gasteiger partial charge on any atom is -0.328 e. The van der Waals surface area contributed by atoms with Gasteiger partial charge in [-0.05, 0) is 37.7 Å². The molecule has 3 nitrogen and oxygen atoms in total. The molecule has 1 heterocycles. The van der Waals surface area contributed by atoms with Crippen molar-refractivity contribution in [3.63, 3.8) is 0 Å². The number of nitrogens with zero attached hydrogens (tertiary/aromatic N) is 1. The van der Waals surface area contributed by atoms with Crippen LogP contribution in [-0.2, 0) is 19.3 Å². The molecular weight excluding hydrogens is 174 g/mol. The molecule has 3 N–H and O–H groups in total. The smallest absolute Gasteiger partial charge is 0.0672 e. The van der Waals surface area contributed by atoms with E-state index in [1.165, 1.54) is 29.8 Å². The number of aromatic nitrogens is 2. The molecule has 2 atom stereocenters. The fourth-order valence-corrected chi connectivity index (χ4v) is 2.21. The van der Waals surface area contributed by atoms with Crippen molar-refractivity contribution in [3.8, 4) is 0 Å². The molecule has 1 aliphatic rings. The zero-order valence-corrected chi connectivity index (χ0v) is 9.01. The predicted octanol–water partition coefficient (Wildman–Crippen LogP) is 1.42. The van der Waals surface area contributed by atoms with Gasteiger partial charge in [0, 0.05) is 18.2 Å². The summed E-state index contributed by atoms with van der Waals surface area (Å²) in [7, 11) is 0. The molecule has 78 valence electrons. The van der Waals surface area contributed by atoms with Crippen molar-refractivity contribution in [1.82, 2.24) is 10.2 Å². The minimum absolute atomic E-state index is 0.208. The zero-order valence-electron chi connectivity index (χ0n) is 9.01. The van der Waals surface area contributed by atoms with Gasteiger partial charge < -0.3 is 5.73 Å². The van der Waals surface area contributed by atoms with Gasteiger partial charge in [-0.3, -0.25) is 5.10 Å². The first-order chi connectivity index (χ1) is 6.66. The molecule has 0 radical (unpaired) electrons. The van der Waals surface area contributed by atoms with Gasteiger partial charge in [0.2, 0.25) is 0 Å². The Hall–Kier alpha value is -0.830. The van der Waals surface area contributed by atoms with Crippen LogP contribution >= 0.6 is 0 Å². The first-order valence-electron chi connectivity index (χ1n) is 5.47. The summed E-state index contributed by atoms with van der Waals surface area (Å²) < 4.78 is 0. The fourth-order valence-electron chi connectivity index (χ4n) is 2.21. The molecule has 14 heavy (non-hydrogen) atoms. The molecular formula is C11H19N3. The summed E-state index contributed by atoms with van der Waals surface area (Å²) in [6.45, 7) is 4.35. The van der Waals surface area contributed by atoms with Crippen molar-refractivity contribution in [3.05, 3.63) is 17.0 Å². The third-order valence-electron chi connectivity index (χ3n) is 2.99. The molecule has 0 spiro atoms. The third-order valence-corrected chi connectivity index (χ3v) is 2.99. The van der Waals surface area contributed by atoms with Crippen molar-refractivity contribution in [2.45, 2.75) is 45.6 Å². The number of fused-ring (bicyclic) bond motifs is 1. The monoisotopic (exact) mass is 193 g/mol. The van der Waals surface area contributed by atoms with Gasteiger partial charge >= 0.3 is 0 Å². The number of rotatable bonds is 2. The molecule has 1 aliphatic carbocycles. The highest BCUT2D eigenvalue weighted by Crippen LogP contribution is 2.26. The Labute approximate surface area is 85.1 Å². The lowest BCUT2D eigenvalue weighted by Crippen LogP contribution is -2.20. The molecule has 0 amide bonds. The highest BCUT2D eigenvalue weighted by atomic mass is 15.1. The molecule has 1 aromatic rings. The van der Waals surface area contributed by atoms with Crippen LogP contribution in [0, 0.1) is 5.92 Å². The highest BCUT2D eigenvalue weighted by Gasteiger charge is 2.21. The Morgan fingerprint density at radius 2 is 2.43 bits per heavy atom. The van der Waals surface area contributed by atoms with Crippen LogP contribution in [0.15, 0.2) is 0 Å². The fraction of sp³-hybridized carbons (Fsp3) is 0.727. The van der Waals surface area contributed by atoms with E-state index in [0.29, 0.717) is 0 Å². The molecule has 0 bridgehead atoms. The van der Waals surface area contributed by atoms with Crippen LogP contribution in [0.3, 0.4) is 0 Å². The SMILES string of the molecule is CC(N)Cc1n[nH]c2c1CC(C)CC2. The van der Waals surface area contributed by atoms with Crippen molar-refractivity contribution >= 4 is 0 Å². The summed E-state index contributed by atoms with van der Waals surface area (Å²) in [6.07, 6.45) is 4.52. The number of hydrogen-bond donors (Lipinski definition) is 2. The van der Waals surface area contributed by atoms with Gasteiger partial charge in [0.15, 0.2) is 0 Å². The molecule has 3 heteroatoms. The molecule has 0 aromatic carbocycles. The molecule has 0 aliphatic heterocycles. The second-order valence-corrected chi connectivity index (χ2v) is 4.66. The Morgan fingerprint density at radius 1 is 1.64 bits per heavy atom. The van der Waals surface area contributed by atoms with E-state index in [1.807, 2.05) is 6.92 Å². The van der Waals surface area contributed by atoms with Crippen LogP contribution < -0.4 is 5.73 Å². The van der Waals surface area contributed by atoms with E-state index in [9.17, 15) is 0 Å². The first kappa shape index (κ1) is 9.71. The number of H-pyrrole nitrogens is 1. The Bertz CT molecular complexity index is 314. The van der Waals surface area contributed by atoms with Crippen LogP contribution in [0.2, 0.25) is 0 Å². The quantitative estimate of drug-likeness (QED) is 0.746. The standard InChI is InChI=1S/C11H19N3/c1-7-3-4-10-9(5-7)11(14-13-10)6-8(2)12/h7-8H,3-6,12H2,1-2H3,(H,13,14). The van der Waals surface area contributed by atoms with Crippen molar-refractivity contribution in [2.24, 2.45) is 11.7 Å². The molecule has 1 aromatic heterocycles. The maximum absolute atomic E-state index is 5.80. The van der Waals surface area contributed by atoms with Crippen LogP contribution in [0.25, 0.3) is 0 Å². The van der Waals surface area contributed by atoms with E-state index >= 15 is 0 Å². The van der Waals surface area contributed by atoms with Crippen molar-refractivity contribution in [2.75, 3.05) is 0 Å². The average molecular weight is 193 g/mol. The van der Waals surface area contributed by atoms with E-state index in [4.69, 9.17) is 5.73 Å². The summed E-state index contributed by atoms with van der Waals surface area (Å²) in [4.78, 5) is 0. The molecule has 0 saturated heterocycles. The Kier molecular flexibility index (Phi) is 2.59. The van der Waals surface area contributed by atoms with E-state index < -0.39 is 0 Å². The number of aryl methyl sites for hydroxylation is 1. The van der Waals surface area contributed by atoms with E-state index in [0.717, 1.165) is 18.8 Å². The lowest BCUT2D eigenvalue weighted by atomic mass is 9.87. The van der Waals surface area contributed by atoms with Gasteiger partial charge in [-0.15, -0.1) is 0 Å². The van der Waals surface area contributed by atoms with E-state index in [1.54, 1.807) is 0 Å². The highest BCUT2D eigenvalue weighted by molar-refractivity contribution is 5.28. The molecule has 2 unspecified atom stereocenters. The normalized spacial score (nSPS) is 23.2. The van der Waals surface area contributed by atoms with Crippen LogP contribution in [0.5, 0.6) is 0 Å². The molecule has 0 fully saturated rings. The number of nitrogens with one attached hydrogen (secondary N) is 1. The molecule has 2 rings (SSSR count). The number of hydrogen-bond acceptors (Lipinski definition) is 2. The molecule has 0 saturated carbocycles. The summed E-state index contributed by atoms with van der Waals surface area (Å²) in [5, 5.41) is 7.51. The lowest BCUT2D eigenvalue weighted by Gasteiger charge is -2.18. The van der Waals surface area contributed by atoms with Gasteiger partial charge in [0.25, 0.3) is 0 Å². The van der Waals surface area contributed by atoms with Crippen LogP contribution in [0.4, 0.5) is 0 Å². The minimum atomic E-state index is 0.208. The summed E-state index contributed by atoms with van der Waals surface area (Å²) >= 11 is 0. The van der Waals surface area contributed by atoms with Gasteiger partial charge in [-0.1, -0.05) is 6.92 Å². The van der Waals surface area contributed by atoms with Crippen molar-refractivity contribution in [1.29, 1.82) is 0 Å². The maximum Gasteiger partial charge on any atom is 0.0672 e. The van der Waals surface area contributed by atoms with Gasteiger partial charge in [0.1, 0.15) is 0 Å². The predicted molar refractivity (Wildman–Crippen MR) is 57.1 cm³/mol. The van der Waals surface area contributed by atoms with Gasteiger partial charge in [-0.25, -0.2) is 0 Å². The first-order valence-corrected chi connectivity index (χ1v) is 5.47. The zero-order chi connectivity index (χ0) is 10.1. The Balaban J connectivity index is 2.22.